The summed E-state index contributed by atoms with van der Waals surface area (Å²) in [6.45, 7) is 2.93. The van der Waals surface area contributed by atoms with Crippen molar-refractivity contribution in [1.82, 2.24) is 5.32 Å². The fraction of sp³-hybridized carbons (Fsp3) is 0.238. The maximum absolute atomic E-state index is 12.6. The zero-order chi connectivity index (χ0) is 20.7. The lowest BCUT2D eigenvalue weighted by Crippen LogP contribution is -2.41. The number of benzene rings is 2. The summed E-state index contributed by atoms with van der Waals surface area (Å²) < 4.78 is 0. The first kappa shape index (κ1) is 21.4. The van der Waals surface area contributed by atoms with Crippen molar-refractivity contribution < 1.29 is 24.3 Å². The monoisotopic (exact) mass is 399 g/mol. The molecular formula is C21H21NO5S. The normalized spacial score (nSPS) is 12.6. The van der Waals surface area contributed by atoms with E-state index in [0.29, 0.717) is 16.7 Å². The fourth-order valence-electron chi connectivity index (χ4n) is 2.55. The van der Waals surface area contributed by atoms with E-state index < -0.39 is 23.8 Å². The van der Waals surface area contributed by atoms with Crippen LogP contribution in [0.4, 0.5) is 0 Å². The van der Waals surface area contributed by atoms with Crippen molar-refractivity contribution in [1.29, 1.82) is 0 Å². The molecule has 1 unspecified atom stereocenters. The van der Waals surface area contributed by atoms with Gasteiger partial charge in [0, 0.05) is 23.8 Å². The highest BCUT2D eigenvalue weighted by Gasteiger charge is 2.23. The number of nitrogens with one attached hydrogen (secondary N) is 1. The Kier molecular flexibility index (Phi) is 7.52. The standard InChI is InChI=1S/C21H21NO5S/c1-13(21(27)28-12-18(20(25)26)22-14(2)23)16-9-6-10-17(11-16)19(24)15-7-4-3-5-8-15/h3-11,13,18H,12H2,1-2H3,(H,22,23)(H,25,26)/t13?,18-/m1/s1. The number of hydrogen-bond acceptors (Lipinski definition) is 5. The summed E-state index contributed by atoms with van der Waals surface area (Å²) in [7, 11) is 0. The first-order chi connectivity index (χ1) is 13.3. The van der Waals surface area contributed by atoms with Gasteiger partial charge in [-0.15, -0.1) is 0 Å². The molecule has 0 aliphatic rings. The molecule has 146 valence electrons. The highest BCUT2D eigenvalue weighted by molar-refractivity contribution is 8.13. The summed E-state index contributed by atoms with van der Waals surface area (Å²) in [6.07, 6.45) is 0. The third kappa shape index (κ3) is 5.79. The molecule has 0 saturated heterocycles. The first-order valence-corrected chi connectivity index (χ1v) is 9.64. The second-order valence-electron chi connectivity index (χ2n) is 6.26. The van der Waals surface area contributed by atoms with Crippen molar-refractivity contribution in [2.24, 2.45) is 0 Å². The fourth-order valence-corrected chi connectivity index (χ4v) is 3.49. The molecule has 6 nitrogen and oxygen atoms in total. The number of amides is 1. The van der Waals surface area contributed by atoms with Crippen molar-refractivity contribution in [3.63, 3.8) is 0 Å². The summed E-state index contributed by atoms with van der Waals surface area (Å²) in [5.74, 6) is -2.40. The van der Waals surface area contributed by atoms with E-state index in [2.05, 4.69) is 5.32 Å². The van der Waals surface area contributed by atoms with Gasteiger partial charge in [0.1, 0.15) is 6.04 Å². The summed E-state index contributed by atoms with van der Waals surface area (Å²) >= 11 is 0.849. The van der Waals surface area contributed by atoms with E-state index in [1.807, 2.05) is 6.07 Å². The SMILES string of the molecule is CC(=O)N[C@H](CSC(=O)C(C)c1cccc(C(=O)c2ccccc2)c1)C(=O)O. The lowest BCUT2D eigenvalue weighted by atomic mass is 9.96. The Bertz CT molecular complexity index is 881. The van der Waals surface area contributed by atoms with E-state index in [1.165, 1.54) is 6.92 Å². The summed E-state index contributed by atoms with van der Waals surface area (Å²) in [6, 6.07) is 14.6. The van der Waals surface area contributed by atoms with Gasteiger partial charge in [-0.3, -0.25) is 14.4 Å². The van der Waals surface area contributed by atoms with Crippen LogP contribution in [0.2, 0.25) is 0 Å². The number of carbonyl (C=O) groups excluding carboxylic acids is 3. The second kappa shape index (κ2) is 9.85. The van der Waals surface area contributed by atoms with Crippen LogP contribution < -0.4 is 5.32 Å². The molecule has 0 saturated carbocycles. The van der Waals surface area contributed by atoms with Crippen molar-refractivity contribution in [3.05, 3.63) is 71.3 Å². The predicted molar refractivity (Wildman–Crippen MR) is 107 cm³/mol. The number of ketones is 1. The van der Waals surface area contributed by atoms with E-state index in [-0.39, 0.29) is 16.7 Å². The van der Waals surface area contributed by atoms with Crippen LogP contribution in [0.1, 0.15) is 41.3 Å². The van der Waals surface area contributed by atoms with E-state index in [0.717, 1.165) is 11.8 Å². The Hall–Kier alpha value is -2.93. The molecule has 2 aromatic rings. The molecule has 2 aromatic carbocycles. The lowest BCUT2D eigenvalue weighted by Gasteiger charge is -2.15. The summed E-state index contributed by atoms with van der Waals surface area (Å²) in [5.41, 5.74) is 1.72. The average molecular weight is 399 g/mol. The van der Waals surface area contributed by atoms with Crippen LogP contribution in [0.5, 0.6) is 0 Å². The molecule has 0 aliphatic heterocycles. The second-order valence-corrected chi connectivity index (χ2v) is 7.29. The topological polar surface area (TPSA) is 101 Å². The number of carboxylic acid groups (broad SMARTS) is 1. The maximum Gasteiger partial charge on any atom is 0.327 e. The van der Waals surface area contributed by atoms with Gasteiger partial charge in [0.05, 0.1) is 5.92 Å². The predicted octanol–water partition coefficient (Wildman–Crippen LogP) is 2.87. The van der Waals surface area contributed by atoms with Crippen LogP contribution in [0, 0.1) is 0 Å². The smallest absolute Gasteiger partial charge is 0.327 e. The Morgan fingerprint density at radius 2 is 1.64 bits per heavy atom. The van der Waals surface area contributed by atoms with E-state index in [9.17, 15) is 19.2 Å². The minimum Gasteiger partial charge on any atom is -0.480 e. The third-order valence-electron chi connectivity index (χ3n) is 4.11. The molecule has 0 aliphatic carbocycles. The number of thioether (sulfide) groups is 1. The van der Waals surface area contributed by atoms with Crippen molar-refractivity contribution in [2.45, 2.75) is 25.8 Å². The van der Waals surface area contributed by atoms with Crippen LogP contribution in [0.3, 0.4) is 0 Å². The van der Waals surface area contributed by atoms with E-state index in [4.69, 9.17) is 5.11 Å². The van der Waals surface area contributed by atoms with Crippen molar-refractivity contribution in [2.75, 3.05) is 5.75 Å². The Morgan fingerprint density at radius 1 is 1.00 bits per heavy atom. The van der Waals surface area contributed by atoms with Gasteiger partial charge < -0.3 is 10.4 Å². The van der Waals surface area contributed by atoms with Gasteiger partial charge in [-0.2, -0.15) is 0 Å². The highest BCUT2D eigenvalue weighted by atomic mass is 32.2. The number of aliphatic carboxylic acids is 1. The summed E-state index contributed by atoms with van der Waals surface area (Å²) in [5, 5.41) is 11.2. The molecule has 0 bridgehead atoms. The number of carbonyl (C=O) groups is 4. The highest BCUT2D eigenvalue weighted by Crippen LogP contribution is 2.24. The van der Waals surface area contributed by atoms with Gasteiger partial charge >= 0.3 is 5.97 Å². The average Bonchev–Trinajstić information content (AvgIpc) is 2.70. The minimum atomic E-state index is -1.20. The van der Waals surface area contributed by atoms with Crippen LogP contribution >= 0.6 is 11.8 Å². The molecule has 0 aromatic heterocycles. The molecule has 1 amide bonds. The molecule has 0 radical (unpaired) electrons. The van der Waals surface area contributed by atoms with Gasteiger partial charge in [-0.05, 0) is 11.6 Å². The first-order valence-electron chi connectivity index (χ1n) is 8.66. The van der Waals surface area contributed by atoms with Crippen molar-refractivity contribution >= 4 is 34.5 Å². The third-order valence-corrected chi connectivity index (χ3v) is 5.24. The van der Waals surface area contributed by atoms with E-state index >= 15 is 0 Å². The Balaban J connectivity index is 2.08. The quantitative estimate of drug-likeness (QED) is 0.662. The van der Waals surface area contributed by atoms with Gasteiger partial charge in [0.2, 0.25) is 5.91 Å². The molecule has 0 fully saturated rings. The van der Waals surface area contributed by atoms with Crippen LogP contribution in [-0.2, 0) is 14.4 Å². The Morgan fingerprint density at radius 3 is 2.25 bits per heavy atom. The number of rotatable bonds is 8. The molecule has 0 heterocycles. The van der Waals surface area contributed by atoms with Crippen LogP contribution in [0.15, 0.2) is 54.6 Å². The van der Waals surface area contributed by atoms with Gasteiger partial charge in [0.25, 0.3) is 0 Å². The van der Waals surface area contributed by atoms with Crippen LogP contribution in [-0.4, -0.2) is 39.7 Å². The molecule has 28 heavy (non-hydrogen) atoms. The van der Waals surface area contributed by atoms with Crippen LogP contribution in [0.25, 0.3) is 0 Å². The lowest BCUT2D eigenvalue weighted by molar-refractivity contribution is -0.140. The zero-order valence-electron chi connectivity index (χ0n) is 15.5. The molecule has 2 rings (SSSR count). The number of hydrogen-bond donors (Lipinski definition) is 2. The van der Waals surface area contributed by atoms with Gasteiger partial charge in [0.15, 0.2) is 10.9 Å². The van der Waals surface area contributed by atoms with Gasteiger partial charge in [-0.1, -0.05) is 67.2 Å². The zero-order valence-corrected chi connectivity index (χ0v) is 16.4. The molecule has 2 N–H and O–H groups in total. The molecule has 2 atom stereocenters. The van der Waals surface area contributed by atoms with Gasteiger partial charge in [-0.25, -0.2) is 4.79 Å². The number of carboxylic acids is 1. The molecular weight excluding hydrogens is 378 g/mol. The van der Waals surface area contributed by atoms with Crippen molar-refractivity contribution in [3.8, 4) is 0 Å². The summed E-state index contributed by atoms with van der Waals surface area (Å²) in [4.78, 5) is 47.3. The minimum absolute atomic E-state index is 0.0687. The maximum atomic E-state index is 12.6. The molecule has 7 heteroatoms. The largest absolute Gasteiger partial charge is 0.480 e. The Labute approximate surface area is 167 Å². The van der Waals surface area contributed by atoms with E-state index in [1.54, 1.807) is 55.5 Å². The molecule has 0 spiro atoms.